The summed E-state index contributed by atoms with van der Waals surface area (Å²) in [6, 6.07) is 0. The van der Waals surface area contributed by atoms with Crippen LogP contribution in [0.2, 0.25) is 0 Å². The van der Waals surface area contributed by atoms with E-state index in [9.17, 15) is 9.59 Å². The summed E-state index contributed by atoms with van der Waals surface area (Å²) < 4.78 is 0. The first-order valence-corrected chi connectivity index (χ1v) is 3.22. The highest BCUT2D eigenvalue weighted by molar-refractivity contribution is 5.91. The van der Waals surface area contributed by atoms with Gasteiger partial charge < -0.3 is 10.2 Å². The molecule has 0 fully saturated rings. The molecule has 0 aromatic heterocycles. The van der Waals surface area contributed by atoms with Gasteiger partial charge in [-0.25, -0.2) is 4.79 Å². The smallest absolute Gasteiger partial charge is 0.331 e. The zero-order valence-electron chi connectivity index (χ0n) is 6.20. The fourth-order valence-electron chi connectivity index (χ4n) is 0.644. The van der Waals surface area contributed by atoms with Gasteiger partial charge in [-0.3, -0.25) is 4.79 Å². The van der Waals surface area contributed by atoms with E-state index in [-0.39, 0.29) is 5.57 Å². The highest BCUT2D eigenvalue weighted by atomic mass is 16.4. The minimum atomic E-state index is -1.16. The molecule has 0 aromatic rings. The van der Waals surface area contributed by atoms with E-state index >= 15 is 0 Å². The third-order valence-corrected chi connectivity index (χ3v) is 1.07. The van der Waals surface area contributed by atoms with Crippen LogP contribution in [0.4, 0.5) is 0 Å². The highest BCUT2D eigenvalue weighted by Crippen LogP contribution is 2.02. The van der Waals surface area contributed by atoms with Crippen molar-refractivity contribution in [3.63, 3.8) is 0 Å². The molecule has 0 atom stereocenters. The number of carboxylic acid groups (broad SMARTS) is 2. The van der Waals surface area contributed by atoms with Gasteiger partial charge in [0.25, 0.3) is 0 Å². The summed E-state index contributed by atoms with van der Waals surface area (Å²) in [5.41, 5.74) is -0.0556. The molecule has 0 aliphatic heterocycles. The summed E-state index contributed by atoms with van der Waals surface area (Å²) in [4.78, 5) is 20.4. The molecule has 0 spiro atoms. The zero-order valence-corrected chi connectivity index (χ0v) is 6.20. The van der Waals surface area contributed by atoms with Crippen LogP contribution >= 0.6 is 0 Å². The van der Waals surface area contributed by atoms with Crippen LogP contribution in [0.15, 0.2) is 11.6 Å². The van der Waals surface area contributed by atoms with Crippen LogP contribution in [0.1, 0.15) is 19.8 Å². The molecule has 0 rings (SSSR count). The first kappa shape index (κ1) is 9.68. The summed E-state index contributed by atoms with van der Waals surface area (Å²) in [7, 11) is 0. The van der Waals surface area contributed by atoms with Gasteiger partial charge in [0, 0.05) is 5.57 Å². The lowest BCUT2D eigenvalue weighted by Gasteiger charge is -1.95. The molecule has 11 heavy (non-hydrogen) atoms. The van der Waals surface area contributed by atoms with Crippen molar-refractivity contribution in [2.75, 3.05) is 0 Å². The van der Waals surface area contributed by atoms with Crippen molar-refractivity contribution in [1.29, 1.82) is 0 Å². The summed E-state index contributed by atoms with van der Waals surface area (Å²) in [6.45, 7) is 1.75. The molecule has 0 bridgehead atoms. The Morgan fingerprint density at radius 2 is 1.91 bits per heavy atom. The number of hydrogen-bond donors (Lipinski definition) is 2. The second-order valence-electron chi connectivity index (χ2n) is 2.01. The SMILES string of the molecule is CC/C=C(\CC(=O)O)C(=O)O. The second-order valence-corrected chi connectivity index (χ2v) is 2.01. The maximum absolute atomic E-state index is 10.3. The first-order valence-electron chi connectivity index (χ1n) is 3.22. The van der Waals surface area contributed by atoms with E-state index < -0.39 is 18.4 Å². The average Bonchev–Trinajstić information content (AvgIpc) is 1.86. The predicted octanol–water partition coefficient (Wildman–Crippen LogP) is 0.882. The molecule has 4 heteroatoms. The van der Waals surface area contributed by atoms with E-state index in [1.54, 1.807) is 6.92 Å². The van der Waals surface area contributed by atoms with Gasteiger partial charge in [-0.05, 0) is 6.42 Å². The molecule has 2 N–H and O–H groups in total. The topological polar surface area (TPSA) is 74.6 Å². The Bertz CT molecular complexity index is 193. The molecule has 0 aromatic carbocycles. The lowest BCUT2D eigenvalue weighted by Crippen LogP contribution is -2.06. The van der Waals surface area contributed by atoms with Gasteiger partial charge in [0.1, 0.15) is 0 Å². The number of rotatable bonds is 4. The Balaban J connectivity index is 4.23. The van der Waals surface area contributed by atoms with E-state index in [1.807, 2.05) is 0 Å². The maximum atomic E-state index is 10.3. The van der Waals surface area contributed by atoms with Crippen molar-refractivity contribution in [3.8, 4) is 0 Å². The summed E-state index contributed by atoms with van der Waals surface area (Å²) in [5, 5.41) is 16.7. The number of hydrogen-bond acceptors (Lipinski definition) is 2. The molecular formula is C7H10O4. The second kappa shape index (κ2) is 4.49. The number of carboxylic acids is 2. The summed E-state index contributed by atoms with van der Waals surface area (Å²) >= 11 is 0. The minimum absolute atomic E-state index is 0.0556. The van der Waals surface area contributed by atoms with E-state index in [1.165, 1.54) is 6.08 Å². The van der Waals surface area contributed by atoms with Crippen molar-refractivity contribution in [1.82, 2.24) is 0 Å². The quantitative estimate of drug-likeness (QED) is 0.595. The fourth-order valence-corrected chi connectivity index (χ4v) is 0.644. The van der Waals surface area contributed by atoms with Crippen LogP contribution in [-0.4, -0.2) is 22.2 Å². The predicted molar refractivity (Wildman–Crippen MR) is 38.3 cm³/mol. The monoisotopic (exact) mass is 158 g/mol. The van der Waals surface area contributed by atoms with E-state index in [4.69, 9.17) is 10.2 Å². The van der Waals surface area contributed by atoms with Crippen LogP contribution < -0.4 is 0 Å². The van der Waals surface area contributed by atoms with Crippen molar-refractivity contribution in [3.05, 3.63) is 11.6 Å². The molecule has 0 amide bonds. The molecule has 0 radical (unpaired) electrons. The van der Waals surface area contributed by atoms with Crippen LogP contribution in [-0.2, 0) is 9.59 Å². The third kappa shape index (κ3) is 4.13. The highest BCUT2D eigenvalue weighted by Gasteiger charge is 2.09. The van der Waals surface area contributed by atoms with Crippen LogP contribution in [0, 0.1) is 0 Å². The largest absolute Gasteiger partial charge is 0.481 e. The molecular weight excluding hydrogens is 148 g/mol. The van der Waals surface area contributed by atoms with E-state index in [2.05, 4.69) is 0 Å². The van der Waals surface area contributed by atoms with Gasteiger partial charge in [0.05, 0.1) is 6.42 Å². The van der Waals surface area contributed by atoms with Crippen molar-refractivity contribution in [2.45, 2.75) is 19.8 Å². The van der Waals surface area contributed by atoms with Crippen molar-refractivity contribution >= 4 is 11.9 Å². The van der Waals surface area contributed by atoms with E-state index in [0.717, 1.165) is 0 Å². The van der Waals surface area contributed by atoms with Crippen molar-refractivity contribution in [2.24, 2.45) is 0 Å². The summed E-state index contributed by atoms with van der Waals surface area (Å²) in [6.07, 6.45) is 1.52. The van der Waals surface area contributed by atoms with Gasteiger partial charge in [-0.2, -0.15) is 0 Å². The zero-order chi connectivity index (χ0) is 8.85. The van der Waals surface area contributed by atoms with Crippen LogP contribution in [0.25, 0.3) is 0 Å². The number of allylic oxidation sites excluding steroid dienone is 1. The Kier molecular flexibility index (Phi) is 3.95. The molecule has 0 aliphatic rings. The standard InChI is InChI=1S/C7H10O4/c1-2-3-5(7(10)11)4-6(8)9/h3H,2,4H2,1H3,(H,8,9)(H,10,11)/b5-3+. The summed E-state index contributed by atoms with van der Waals surface area (Å²) in [5.74, 6) is -2.28. The number of aliphatic carboxylic acids is 2. The molecule has 0 saturated carbocycles. The van der Waals surface area contributed by atoms with Gasteiger partial charge in [-0.15, -0.1) is 0 Å². The van der Waals surface area contributed by atoms with Crippen LogP contribution in [0.3, 0.4) is 0 Å². The van der Waals surface area contributed by atoms with Crippen LogP contribution in [0.5, 0.6) is 0 Å². The lowest BCUT2D eigenvalue weighted by molar-refractivity contribution is -0.139. The van der Waals surface area contributed by atoms with E-state index in [0.29, 0.717) is 6.42 Å². The molecule has 4 nitrogen and oxygen atoms in total. The number of carbonyl (C=O) groups is 2. The normalized spacial score (nSPS) is 11.2. The molecule has 0 unspecified atom stereocenters. The first-order chi connectivity index (χ1) is 5.07. The molecule has 0 aliphatic carbocycles. The van der Waals surface area contributed by atoms with Gasteiger partial charge in [0.15, 0.2) is 0 Å². The molecule has 62 valence electrons. The fraction of sp³-hybridized carbons (Fsp3) is 0.429. The Morgan fingerprint density at radius 1 is 1.36 bits per heavy atom. The minimum Gasteiger partial charge on any atom is -0.481 e. The Labute approximate surface area is 64.2 Å². The lowest BCUT2D eigenvalue weighted by atomic mass is 10.1. The Morgan fingerprint density at radius 3 is 2.18 bits per heavy atom. The van der Waals surface area contributed by atoms with Gasteiger partial charge in [-0.1, -0.05) is 13.0 Å². The van der Waals surface area contributed by atoms with Gasteiger partial charge in [0.2, 0.25) is 0 Å². The molecule has 0 saturated heterocycles. The van der Waals surface area contributed by atoms with Crippen molar-refractivity contribution < 1.29 is 19.8 Å². The maximum Gasteiger partial charge on any atom is 0.331 e. The Hall–Kier alpha value is -1.32. The average molecular weight is 158 g/mol. The van der Waals surface area contributed by atoms with Gasteiger partial charge >= 0.3 is 11.9 Å². The third-order valence-electron chi connectivity index (χ3n) is 1.07. The molecule has 0 heterocycles.